The van der Waals surface area contributed by atoms with Gasteiger partial charge in [-0.15, -0.1) is 0 Å². The van der Waals surface area contributed by atoms with Crippen molar-refractivity contribution in [3.05, 3.63) is 0 Å². The Morgan fingerprint density at radius 3 is 2.41 bits per heavy atom. The van der Waals surface area contributed by atoms with Crippen LogP contribution in [0.3, 0.4) is 0 Å². The summed E-state index contributed by atoms with van der Waals surface area (Å²) in [4.78, 5) is 5.23. The van der Waals surface area contributed by atoms with Crippen LogP contribution >= 0.6 is 0 Å². The minimum atomic E-state index is 0.630. The van der Waals surface area contributed by atoms with Crippen LogP contribution < -0.4 is 5.32 Å². The Balaban J connectivity index is 2.39. The van der Waals surface area contributed by atoms with Crippen LogP contribution in [0.1, 0.15) is 34.1 Å². The van der Waals surface area contributed by atoms with Gasteiger partial charge in [-0.3, -0.25) is 4.90 Å². The minimum absolute atomic E-state index is 0.630. The summed E-state index contributed by atoms with van der Waals surface area (Å²) in [5.74, 6) is 0.715. The van der Waals surface area contributed by atoms with E-state index in [0.717, 1.165) is 6.04 Å². The molecule has 0 saturated carbocycles. The fraction of sp³-hybridized carbons (Fsp3) is 1.00. The molecule has 1 rings (SSSR count). The monoisotopic (exact) mass is 241 g/mol. The van der Waals surface area contributed by atoms with Crippen LogP contribution in [0.4, 0.5) is 0 Å². The van der Waals surface area contributed by atoms with E-state index in [9.17, 15) is 0 Å². The number of likely N-dealkylation sites (tertiary alicyclic amines) is 1. The molecule has 2 unspecified atom stereocenters. The summed E-state index contributed by atoms with van der Waals surface area (Å²) in [7, 11) is 2.09. The summed E-state index contributed by atoms with van der Waals surface area (Å²) < 4.78 is 0. The first-order valence-electron chi connectivity index (χ1n) is 7.26. The molecule has 0 aromatic rings. The molecule has 0 radical (unpaired) electrons. The third-order valence-corrected chi connectivity index (χ3v) is 4.21. The van der Waals surface area contributed by atoms with E-state index in [1.54, 1.807) is 0 Å². The molecule has 0 aromatic carbocycles. The zero-order chi connectivity index (χ0) is 12.8. The summed E-state index contributed by atoms with van der Waals surface area (Å²) >= 11 is 0. The van der Waals surface area contributed by atoms with Gasteiger partial charge in [-0.2, -0.15) is 0 Å². The van der Waals surface area contributed by atoms with Crippen LogP contribution in [-0.2, 0) is 0 Å². The van der Waals surface area contributed by atoms with Crippen LogP contribution in [0.25, 0.3) is 0 Å². The first-order chi connectivity index (χ1) is 8.12. The van der Waals surface area contributed by atoms with Crippen molar-refractivity contribution in [1.29, 1.82) is 0 Å². The molecule has 0 amide bonds. The second-order valence-corrected chi connectivity index (χ2v) is 5.56. The Labute approximate surface area is 108 Å². The van der Waals surface area contributed by atoms with Gasteiger partial charge in [0.15, 0.2) is 0 Å². The molecule has 0 bridgehead atoms. The first-order valence-corrected chi connectivity index (χ1v) is 7.26. The summed E-state index contributed by atoms with van der Waals surface area (Å²) in [5, 5.41) is 3.45. The molecule has 3 heteroatoms. The molecular formula is C14H31N3. The van der Waals surface area contributed by atoms with Crippen molar-refractivity contribution in [1.82, 2.24) is 15.1 Å². The molecule has 0 aromatic heterocycles. The fourth-order valence-electron chi connectivity index (χ4n) is 2.93. The van der Waals surface area contributed by atoms with Crippen molar-refractivity contribution >= 4 is 0 Å². The molecule has 1 aliphatic rings. The van der Waals surface area contributed by atoms with Gasteiger partial charge in [-0.25, -0.2) is 0 Å². The van der Waals surface area contributed by atoms with E-state index in [-0.39, 0.29) is 0 Å². The number of hydrogen-bond acceptors (Lipinski definition) is 3. The van der Waals surface area contributed by atoms with Gasteiger partial charge < -0.3 is 10.2 Å². The second kappa shape index (κ2) is 7.34. The Morgan fingerprint density at radius 2 is 1.94 bits per heavy atom. The van der Waals surface area contributed by atoms with Gasteiger partial charge in [0.25, 0.3) is 0 Å². The average molecular weight is 241 g/mol. The van der Waals surface area contributed by atoms with Gasteiger partial charge in [0, 0.05) is 25.2 Å². The van der Waals surface area contributed by atoms with E-state index in [2.05, 4.69) is 49.9 Å². The van der Waals surface area contributed by atoms with Crippen LogP contribution in [0.15, 0.2) is 0 Å². The van der Waals surface area contributed by atoms with Crippen molar-refractivity contribution in [3.8, 4) is 0 Å². The highest BCUT2D eigenvalue weighted by Crippen LogP contribution is 2.16. The SMILES string of the molecule is CCN(CC)C1CCN(CC(NC)C(C)C)C1. The van der Waals surface area contributed by atoms with Gasteiger partial charge in [0.05, 0.1) is 0 Å². The second-order valence-electron chi connectivity index (χ2n) is 5.56. The van der Waals surface area contributed by atoms with Crippen molar-refractivity contribution in [3.63, 3.8) is 0 Å². The van der Waals surface area contributed by atoms with E-state index >= 15 is 0 Å². The van der Waals surface area contributed by atoms with Gasteiger partial charge >= 0.3 is 0 Å². The summed E-state index contributed by atoms with van der Waals surface area (Å²) in [6.45, 7) is 15.3. The van der Waals surface area contributed by atoms with Gasteiger partial charge in [-0.1, -0.05) is 27.7 Å². The lowest BCUT2D eigenvalue weighted by molar-refractivity contribution is 0.200. The average Bonchev–Trinajstić information content (AvgIpc) is 2.76. The smallest absolute Gasteiger partial charge is 0.0235 e. The summed E-state index contributed by atoms with van der Waals surface area (Å²) in [6, 6.07) is 1.42. The maximum atomic E-state index is 3.45. The van der Waals surface area contributed by atoms with Crippen molar-refractivity contribution < 1.29 is 0 Å². The van der Waals surface area contributed by atoms with Crippen LogP contribution in [0, 0.1) is 5.92 Å². The molecule has 102 valence electrons. The standard InChI is InChI=1S/C14H31N3/c1-6-17(7-2)13-8-9-16(10-13)11-14(15-5)12(3)4/h12-15H,6-11H2,1-5H3. The molecule has 1 saturated heterocycles. The molecule has 2 atom stereocenters. The lowest BCUT2D eigenvalue weighted by Gasteiger charge is -2.28. The number of nitrogens with zero attached hydrogens (tertiary/aromatic N) is 2. The van der Waals surface area contributed by atoms with Crippen LogP contribution in [0.5, 0.6) is 0 Å². The van der Waals surface area contributed by atoms with Gasteiger partial charge in [-0.05, 0) is 39.0 Å². The highest BCUT2D eigenvalue weighted by Gasteiger charge is 2.27. The first kappa shape index (κ1) is 14.9. The third-order valence-electron chi connectivity index (χ3n) is 4.21. The molecule has 0 aliphatic carbocycles. The molecule has 1 N–H and O–H groups in total. The Kier molecular flexibility index (Phi) is 6.45. The number of rotatable bonds is 7. The van der Waals surface area contributed by atoms with E-state index in [0.29, 0.717) is 12.0 Å². The zero-order valence-electron chi connectivity index (χ0n) is 12.4. The highest BCUT2D eigenvalue weighted by atomic mass is 15.3. The summed E-state index contributed by atoms with van der Waals surface area (Å²) in [6.07, 6.45) is 1.34. The number of likely N-dealkylation sites (N-methyl/N-ethyl adjacent to an activating group) is 2. The highest BCUT2D eigenvalue weighted by molar-refractivity contribution is 4.85. The number of nitrogens with one attached hydrogen (secondary N) is 1. The van der Waals surface area contributed by atoms with E-state index in [1.165, 1.54) is 39.1 Å². The Bertz CT molecular complexity index is 202. The van der Waals surface area contributed by atoms with E-state index < -0.39 is 0 Å². The topological polar surface area (TPSA) is 18.5 Å². The lowest BCUT2D eigenvalue weighted by atomic mass is 10.0. The van der Waals surface area contributed by atoms with Crippen molar-refractivity contribution in [2.24, 2.45) is 5.92 Å². The maximum Gasteiger partial charge on any atom is 0.0235 e. The molecular weight excluding hydrogens is 210 g/mol. The largest absolute Gasteiger partial charge is 0.315 e. The predicted molar refractivity (Wildman–Crippen MR) is 75.5 cm³/mol. The zero-order valence-corrected chi connectivity index (χ0v) is 12.4. The molecule has 1 heterocycles. The number of hydrogen-bond donors (Lipinski definition) is 1. The van der Waals surface area contributed by atoms with Gasteiger partial charge in [0.2, 0.25) is 0 Å². The fourth-order valence-corrected chi connectivity index (χ4v) is 2.93. The molecule has 3 nitrogen and oxygen atoms in total. The quantitative estimate of drug-likeness (QED) is 0.731. The lowest BCUT2D eigenvalue weighted by Crippen LogP contribution is -2.43. The van der Waals surface area contributed by atoms with Crippen LogP contribution in [-0.4, -0.2) is 61.7 Å². The normalized spacial score (nSPS) is 23.8. The molecule has 0 spiro atoms. The van der Waals surface area contributed by atoms with Crippen LogP contribution in [0.2, 0.25) is 0 Å². The van der Waals surface area contributed by atoms with Gasteiger partial charge in [0.1, 0.15) is 0 Å². The molecule has 1 fully saturated rings. The maximum absolute atomic E-state index is 3.45. The van der Waals surface area contributed by atoms with E-state index in [4.69, 9.17) is 0 Å². The summed E-state index contributed by atoms with van der Waals surface area (Å²) in [5.41, 5.74) is 0. The van der Waals surface area contributed by atoms with Crippen molar-refractivity contribution in [2.45, 2.75) is 46.2 Å². The third kappa shape index (κ3) is 4.23. The minimum Gasteiger partial charge on any atom is -0.315 e. The molecule has 17 heavy (non-hydrogen) atoms. The predicted octanol–water partition coefficient (Wildman–Crippen LogP) is 1.65. The van der Waals surface area contributed by atoms with E-state index in [1.807, 2.05) is 0 Å². The molecule has 1 aliphatic heterocycles. The van der Waals surface area contributed by atoms with Crippen molar-refractivity contribution in [2.75, 3.05) is 39.8 Å². The Hall–Kier alpha value is -0.120. The Morgan fingerprint density at radius 1 is 1.29 bits per heavy atom.